The maximum absolute atomic E-state index is 7.24. The van der Waals surface area contributed by atoms with Crippen LogP contribution in [0, 0.1) is 0 Å². The first-order valence-corrected chi connectivity index (χ1v) is 23.3. The summed E-state index contributed by atoms with van der Waals surface area (Å²) in [5.74, 6) is 3.74. The Bertz CT molecular complexity index is 3050. The fourth-order valence-corrected chi connectivity index (χ4v) is 10.0. The van der Waals surface area contributed by atoms with Crippen molar-refractivity contribution in [1.82, 2.24) is 0 Å². The zero-order chi connectivity index (χ0) is 44.6. The van der Waals surface area contributed by atoms with Crippen LogP contribution >= 0.6 is 16.8 Å². The summed E-state index contributed by atoms with van der Waals surface area (Å²) in [6.45, 7) is 13.0. The number of methoxy groups -OCH3 is 2. The van der Waals surface area contributed by atoms with Gasteiger partial charge >= 0.3 is 16.8 Å². The number of hydrogen-bond donors (Lipinski definition) is 0. The van der Waals surface area contributed by atoms with Crippen LogP contribution in [0.1, 0.15) is 52.7 Å². The molecule has 0 aliphatic rings. The molecule has 0 aliphatic carbocycles. The van der Waals surface area contributed by atoms with Gasteiger partial charge in [0.25, 0.3) is 0 Å². The second-order valence-electron chi connectivity index (χ2n) is 17.5. The summed E-state index contributed by atoms with van der Waals surface area (Å²) >= 11 is 0. The predicted molar refractivity (Wildman–Crippen MR) is 261 cm³/mol. The van der Waals surface area contributed by atoms with E-state index in [1.165, 1.54) is 0 Å². The van der Waals surface area contributed by atoms with Crippen LogP contribution in [0.3, 0.4) is 0 Å². The van der Waals surface area contributed by atoms with Gasteiger partial charge in [0.15, 0.2) is 0 Å². The highest BCUT2D eigenvalue weighted by atomic mass is 31.2. The lowest BCUT2D eigenvalue weighted by atomic mass is 9.84. The molecule has 0 N–H and O–H groups in total. The first-order chi connectivity index (χ1) is 30.9. The topological polar surface area (TPSA) is 81.7 Å². The van der Waals surface area contributed by atoms with Crippen molar-refractivity contribution < 1.29 is 36.0 Å². The molecule has 0 aliphatic heterocycles. The number of ether oxygens (including phenoxy) is 2. The largest absolute Gasteiger partial charge is 0.530 e. The molecule has 8 nitrogen and oxygen atoms in total. The Morgan fingerprint density at radius 1 is 0.422 bits per heavy atom. The van der Waals surface area contributed by atoms with Crippen molar-refractivity contribution in [2.75, 3.05) is 14.2 Å². The minimum Gasteiger partial charge on any atom is -0.497 e. The molecular formula is C54H50O8P2. The van der Waals surface area contributed by atoms with Gasteiger partial charge in [0.1, 0.15) is 45.7 Å². The van der Waals surface area contributed by atoms with Gasteiger partial charge in [-0.15, -0.1) is 0 Å². The monoisotopic (exact) mass is 888 g/mol. The van der Waals surface area contributed by atoms with Crippen molar-refractivity contribution in [3.8, 4) is 45.6 Å². The van der Waals surface area contributed by atoms with E-state index in [-0.39, 0.29) is 10.8 Å². The minimum absolute atomic E-state index is 0.346. The van der Waals surface area contributed by atoms with E-state index in [4.69, 9.17) is 36.0 Å². The van der Waals surface area contributed by atoms with Gasteiger partial charge in [-0.25, -0.2) is 0 Å². The Kier molecular flexibility index (Phi) is 11.7. The molecule has 0 fully saturated rings. The van der Waals surface area contributed by atoms with Crippen molar-refractivity contribution in [1.29, 1.82) is 0 Å². The highest BCUT2D eigenvalue weighted by Crippen LogP contribution is 2.53. The summed E-state index contributed by atoms with van der Waals surface area (Å²) in [4.78, 5) is 0. The summed E-state index contributed by atoms with van der Waals surface area (Å²) in [6.07, 6.45) is 0. The van der Waals surface area contributed by atoms with E-state index in [0.29, 0.717) is 45.7 Å². The molecule has 8 aromatic carbocycles. The van der Waals surface area contributed by atoms with Crippen LogP contribution in [-0.2, 0) is 10.8 Å². The lowest BCUT2D eigenvalue weighted by Gasteiger charge is -2.22. The third-order valence-corrected chi connectivity index (χ3v) is 13.1. The zero-order valence-electron chi connectivity index (χ0n) is 37.2. The molecule has 0 saturated heterocycles. The van der Waals surface area contributed by atoms with Gasteiger partial charge in [-0.1, -0.05) is 139 Å². The fraction of sp³-hybridized carbons (Fsp3) is 0.185. The van der Waals surface area contributed by atoms with E-state index in [0.717, 1.165) is 54.6 Å². The van der Waals surface area contributed by atoms with Crippen molar-refractivity contribution in [3.05, 3.63) is 169 Å². The maximum Gasteiger partial charge on any atom is 0.530 e. The van der Waals surface area contributed by atoms with Crippen LogP contribution in [0.25, 0.3) is 54.6 Å². The van der Waals surface area contributed by atoms with Gasteiger partial charge in [0.2, 0.25) is 0 Å². The number of hydrogen-bond acceptors (Lipinski definition) is 8. The second kappa shape index (κ2) is 17.5. The highest BCUT2D eigenvalue weighted by Gasteiger charge is 2.29. The number of rotatable bonds is 11. The van der Waals surface area contributed by atoms with E-state index < -0.39 is 16.8 Å². The van der Waals surface area contributed by atoms with Gasteiger partial charge in [-0.05, 0) is 93.0 Å². The molecule has 0 unspecified atom stereocenters. The molecule has 324 valence electrons. The molecule has 1 aromatic heterocycles. The first-order valence-electron chi connectivity index (χ1n) is 21.2. The van der Waals surface area contributed by atoms with E-state index in [1.54, 1.807) is 14.2 Å². The quantitative estimate of drug-likeness (QED) is 0.119. The van der Waals surface area contributed by atoms with Crippen molar-refractivity contribution >= 4 is 60.3 Å². The minimum atomic E-state index is -2.17. The Morgan fingerprint density at radius 3 is 1.30 bits per heavy atom. The molecule has 0 saturated carbocycles. The predicted octanol–water partition coefficient (Wildman–Crippen LogP) is 16.5. The second-order valence-corrected chi connectivity index (χ2v) is 19.5. The maximum atomic E-state index is 7.24. The molecule has 9 rings (SSSR count). The smallest absolute Gasteiger partial charge is 0.497 e. The molecule has 0 atom stereocenters. The number of para-hydroxylation sites is 2. The summed E-state index contributed by atoms with van der Waals surface area (Å²) in [5, 5.41) is 5.58. The van der Waals surface area contributed by atoms with E-state index in [9.17, 15) is 0 Å². The Balaban J connectivity index is 1.31. The lowest BCUT2D eigenvalue weighted by Crippen LogP contribution is -2.12. The van der Waals surface area contributed by atoms with Gasteiger partial charge < -0.3 is 36.0 Å². The first kappa shape index (κ1) is 42.7. The average molecular weight is 889 g/mol. The Labute approximate surface area is 375 Å². The third-order valence-electron chi connectivity index (χ3n) is 11.1. The normalized spacial score (nSPS) is 11.9. The van der Waals surface area contributed by atoms with Crippen LogP contribution < -0.4 is 27.6 Å². The lowest BCUT2D eigenvalue weighted by molar-refractivity contribution is 0.389. The standard InChI is InChI=1S/C54H50O8P2/c1-53(2,3)45-33-39(55-7)31-43-44-32-40(56-8)34-46(54(4,5)6)52(44)62-64(61-51(43)45)60-48-30-28-36-20-16-18-26-42(36)50(48)49-41-25-17-15-19-35(41)27-29-47(49)59-63(57-37-21-11-9-12-22-37)58-38-23-13-10-14-24-38/h9-34H,1-8H3. The number of benzene rings is 8. The molecule has 0 spiro atoms. The summed E-state index contributed by atoms with van der Waals surface area (Å²) < 4.78 is 53.2. The SMILES string of the molecule is COc1cc(C(C)(C)C)c2op(Oc3ccc4ccccc4c3-c3c(OP(Oc4ccccc4)Oc4ccccc4)ccc4ccccc34)oc3c(C(C)(C)C)cc(OC)cc3c2c1. The molecule has 1 heterocycles. The van der Waals surface area contributed by atoms with Gasteiger partial charge in [0, 0.05) is 33.0 Å². The summed E-state index contributed by atoms with van der Waals surface area (Å²) in [5.41, 5.74) is 4.12. The van der Waals surface area contributed by atoms with Crippen LogP contribution in [0.15, 0.2) is 166 Å². The van der Waals surface area contributed by atoms with Gasteiger partial charge in [-0.3, -0.25) is 0 Å². The van der Waals surface area contributed by atoms with E-state index in [2.05, 4.69) is 77.9 Å². The van der Waals surface area contributed by atoms with Crippen LogP contribution in [0.2, 0.25) is 0 Å². The molecular weight excluding hydrogens is 839 g/mol. The van der Waals surface area contributed by atoms with Crippen LogP contribution in [0.5, 0.6) is 34.5 Å². The Hall–Kier alpha value is -6.59. The number of fused-ring (bicyclic) bond motifs is 5. The molecule has 64 heavy (non-hydrogen) atoms. The van der Waals surface area contributed by atoms with Gasteiger partial charge in [-0.2, -0.15) is 0 Å². The third kappa shape index (κ3) is 8.69. The zero-order valence-corrected chi connectivity index (χ0v) is 39.0. The van der Waals surface area contributed by atoms with E-state index >= 15 is 0 Å². The molecule has 0 amide bonds. The fourth-order valence-electron chi connectivity index (χ4n) is 7.88. The summed E-state index contributed by atoms with van der Waals surface area (Å²) in [7, 11) is -0.829. The Morgan fingerprint density at radius 2 is 0.844 bits per heavy atom. The van der Waals surface area contributed by atoms with Crippen LogP contribution in [0.4, 0.5) is 0 Å². The van der Waals surface area contributed by atoms with Crippen molar-refractivity contribution in [2.45, 2.75) is 52.4 Å². The molecule has 10 heteroatoms. The molecule has 9 aromatic rings. The highest BCUT2D eigenvalue weighted by molar-refractivity contribution is 7.43. The molecule has 0 bridgehead atoms. The van der Waals surface area contributed by atoms with Crippen molar-refractivity contribution in [2.24, 2.45) is 0 Å². The average Bonchev–Trinajstić information content (AvgIpc) is 3.44. The van der Waals surface area contributed by atoms with Crippen LogP contribution in [-0.4, -0.2) is 14.2 Å². The summed E-state index contributed by atoms with van der Waals surface area (Å²) in [6, 6.07) is 51.8. The van der Waals surface area contributed by atoms with Crippen molar-refractivity contribution in [3.63, 3.8) is 0 Å². The van der Waals surface area contributed by atoms with E-state index in [1.807, 2.05) is 121 Å². The molecule has 0 radical (unpaired) electrons. The van der Waals surface area contributed by atoms with Gasteiger partial charge in [0.05, 0.1) is 14.2 Å².